The summed E-state index contributed by atoms with van der Waals surface area (Å²) < 4.78 is 5.89. The average Bonchev–Trinajstić information content (AvgIpc) is 3.04. The Morgan fingerprint density at radius 2 is 2.41 bits per heavy atom. The highest BCUT2D eigenvalue weighted by atomic mass is 32.1. The minimum Gasteiger partial charge on any atom is -0.467 e. The van der Waals surface area contributed by atoms with Crippen LogP contribution in [0.4, 0.5) is 5.82 Å². The van der Waals surface area contributed by atoms with E-state index in [9.17, 15) is 0 Å². The molecule has 2 aromatic heterocycles. The molecule has 0 amide bonds. The number of rotatable bonds is 4. The molecule has 0 bridgehead atoms. The van der Waals surface area contributed by atoms with Crippen LogP contribution in [0.25, 0.3) is 0 Å². The van der Waals surface area contributed by atoms with Crippen LogP contribution in [0.2, 0.25) is 0 Å². The summed E-state index contributed by atoms with van der Waals surface area (Å²) in [6, 6.07) is 5.65. The van der Waals surface area contributed by atoms with Crippen molar-refractivity contribution in [3.8, 4) is 0 Å². The van der Waals surface area contributed by atoms with Crippen molar-refractivity contribution in [3.63, 3.8) is 0 Å². The van der Waals surface area contributed by atoms with Crippen LogP contribution in [0.1, 0.15) is 30.3 Å². The van der Waals surface area contributed by atoms with Gasteiger partial charge in [0.2, 0.25) is 0 Å². The van der Waals surface area contributed by atoms with E-state index < -0.39 is 0 Å². The van der Waals surface area contributed by atoms with Gasteiger partial charge in [0, 0.05) is 12.0 Å². The Kier molecular flexibility index (Phi) is 2.68. The Morgan fingerprint density at radius 1 is 1.53 bits per heavy atom. The van der Waals surface area contributed by atoms with Crippen LogP contribution >= 0.6 is 12.2 Å². The Bertz CT molecular complexity index is 557. The molecule has 0 aliphatic heterocycles. The molecule has 17 heavy (non-hydrogen) atoms. The SMILES string of the molecule is S=c1cc(NCc2ccco2)[nH]c(C2CC2)n1. The molecule has 1 aliphatic rings. The van der Waals surface area contributed by atoms with Gasteiger partial charge >= 0.3 is 0 Å². The fourth-order valence-electron chi connectivity index (χ4n) is 1.72. The standard InChI is InChI=1S/C12H13N3OS/c17-11-6-10(13-7-9-2-1-5-16-9)14-12(15-11)8-3-4-8/h1-2,5-6,8H,3-4,7H2,(H2,13,14,15,17). The van der Waals surface area contributed by atoms with Crippen molar-refractivity contribution in [1.29, 1.82) is 0 Å². The van der Waals surface area contributed by atoms with Gasteiger partial charge in [-0.1, -0.05) is 12.2 Å². The van der Waals surface area contributed by atoms with Crippen molar-refractivity contribution in [2.24, 2.45) is 0 Å². The predicted molar refractivity (Wildman–Crippen MR) is 67.4 cm³/mol. The summed E-state index contributed by atoms with van der Waals surface area (Å²) in [7, 11) is 0. The highest BCUT2D eigenvalue weighted by Crippen LogP contribution is 2.38. The van der Waals surface area contributed by atoms with Gasteiger partial charge < -0.3 is 14.7 Å². The number of anilines is 1. The van der Waals surface area contributed by atoms with Gasteiger partial charge in [0.25, 0.3) is 0 Å². The summed E-state index contributed by atoms with van der Waals surface area (Å²) in [5.74, 6) is 3.37. The average molecular weight is 247 g/mol. The highest BCUT2D eigenvalue weighted by Gasteiger charge is 2.25. The third-order valence-corrected chi connectivity index (χ3v) is 2.97. The van der Waals surface area contributed by atoms with Crippen LogP contribution in [0.3, 0.4) is 0 Å². The number of aromatic amines is 1. The van der Waals surface area contributed by atoms with E-state index in [2.05, 4.69) is 15.3 Å². The molecule has 0 spiro atoms. The van der Waals surface area contributed by atoms with E-state index in [0.717, 1.165) is 17.4 Å². The molecule has 88 valence electrons. The maximum atomic E-state index is 5.26. The van der Waals surface area contributed by atoms with Crippen molar-refractivity contribution in [1.82, 2.24) is 9.97 Å². The zero-order valence-corrected chi connectivity index (χ0v) is 10.1. The maximum absolute atomic E-state index is 5.26. The zero-order chi connectivity index (χ0) is 11.7. The van der Waals surface area contributed by atoms with E-state index >= 15 is 0 Å². The minimum absolute atomic E-state index is 0.571. The molecule has 0 aromatic carbocycles. The van der Waals surface area contributed by atoms with Gasteiger partial charge in [-0.25, -0.2) is 4.98 Å². The van der Waals surface area contributed by atoms with Crippen LogP contribution in [0.15, 0.2) is 28.9 Å². The lowest BCUT2D eigenvalue weighted by Crippen LogP contribution is -2.03. The minimum atomic E-state index is 0.571. The fourth-order valence-corrected chi connectivity index (χ4v) is 1.93. The third kappa shape index (κ3) is 2.55. The second kappa shape index (κ2) is 4.33. The third-order valence-electron chi connectivity index (χ3n) is 2.76. The van der Waals surface area contributed by atoms with Gasteiger partial charge in [-0.15, -0.1) is 0 Å². The smallest absolute Gasteiger partial charge is 0.131 e. The second-order valence-corrected chi connectivity index (χ2v) is 4.64. The first-order valence-electron chi connectivity index (χ1n) is 5.69. The summed E-state index contributed by atoms with van der Waals surface area (Å²) in [4.78, 5) is 7.62. The molecule has 5 heteroatoms. The van der Waals surface area contributed by atoms with Crippen LogP contribution < -0.4 is 5.32 Å². The molecule has 1 saturated carbocycles. The topological polar surface area (TPSA) is 53.9 Å². The number of nitrogens with one attached hydrogen (secondary N) is 2. The van der Waals surface area contributed by atoms with Crippen molar-refractivity contribution >= 4 is 18.0 Å². The lowest BCUT2D eigenvalue weighted by molar-refractivity contribution is 0.517. The van der Waals surface area contributed by atoms with E-state index in [1.165, 1.54) is 12.8 Å². The van der Waals surface area contributed by atoms with Crippen LogP contribution in [-0.2, 0) is 6.54 Å². The number of furan rings is 1. The molecule has 2 N–H and O–H groups in total. The predicted octanol–water partition coefficient (Wildman–Crippen LogP) is 3.22. The van der Waals surface area contributed by atoms with Gasteiger partial charge in [-0.3, -0.25) is 0 Å². The maximum Gasteiger partial charge on any atom is 0.131 e. The van der Waals surface area contributed by atoms with E-state index in [1.807, 2.05) is 18.2 Å². The molecule has 1 fully saturated rings. The van der Waals surface area contributed by atoms with Crippen LogP contribution in [-0.4, -0.2) is 9.97 Å². The van der Waals surface area contributed by atoms with Crippen molar-refractivity contribution < 1.29 is 4.42 Å². The number of nitrogens with zero attached hydrogens (tertiary/aromatic N) is 1. The van der Waals surface area contributed by atoms with Crippen LogP contribution in [0.5, 0.6) is 0 Å². The number of hydrogen-bond donors (Lipinski definition) is 2. The number of aromatic nitrogens is 2. The first kappa shape index (κ1) is 10.5. The Labute approximate surface area is 104 Å². The Hall–Kier alpha value is -1.62. The Morgan fingerprint density at radius 3 is 3.12 bits per heavy atom. The normalized spacial score (nSPS) is 14.8. The molecule has 0 unspecified atom stereocenters. The van der Waals surface area contributed by atoms with Crippen LogP contribution in [0, 0.1) is 4.64 Å². The molecule has 0 atom stereocenters. The quantitative estimate of drug-likeness (QED) is 0.814. The van der Waals surface area contributed by atoms with Crippen molar-refractivity contribution in [2.45, 2.75) is 25.3 Å². The van der Waals surface area contributed by atoms with Gasteiger partial charge in [0.1, 0.15) is 22.0 Å². The van der Waals surface area contributed by atoms with E-state index in [4.69, 9.17) is 16.6 Å². The Balaban J connectivity index is 1.75. The highest BCUT2D eigenvalue weighted by molar-refractivity contribution is 7.71. The molecule has 4 nitrogen and oxygen atoms in total. The summed E-state index contributed by atoms with van der Waals surface area (Å²) in [6.45, 7) is 0.645. The number of hydrogen-bond acceptors (Lipinski definition) is 4. The molecular formula is C12H13N3OS. The molecule has 2 aromatic rings. The van der Waals surface area contributed by atoms with Crippen molar-refractivity contribution in [3.05, 3.63) is 40.7 Å². The summed E-state index contributed by atoms with van der Waals surface area (Å²) in [5, 5.41) is 3.25. The zero-order valence-electron chi connectivity index (χ0n) is 9.27. The van der Waals surface area contributed by atoms with Crippen molar-refractivity contribution in [2.75, 3.05) is 5.32 Å². The molecule has 0 saturated heterocycles. The first-order chi connectivity index (χ1) is 8.31. The molecule has 1 aliphatic carbocycles. The molecule has 0 radical (unpaired) electrons. The van der Waals surface area contributed by atoms with Gasteiger partial charge in [0.05, 0.1) is 12.8 Å². The lowest BCUT2D eigenvalue weighted by atomic mass is 10.4. The second-order valence-electron chi connectivity index (χ2n) is 4.23. The summed E-state index contributed by atoms with van der Waals surface area (Å²) >= 11 is 5.15. The molecular weight excluding hydrogens is 234 g/mol. The van der Waals surface area contributed by atoms with E-state index in [0.29, 0.717) is 17.1 Å². The summed E-state index contributed by atoms with van der Waals surface area (Å²) in [5.41, 5.74) is 0. The largest absolute Gasteiger partial charge is 0.467 e. The summed E-state index contributed by atoms with van der Waals surface area (Å²) in [6.07, 6.45) is 4.08. The van der Waals surface area contributed by atoms with E-state index in [1.54, 1.807) is 6.26 Å². The van der Waals surface area contributed by atoms with Gasteiger partial charge in [-0.2, -0.15) is 0 Å². The number of H-pyrrole nitrogens is 1. The lowest BCUT2D eigenvalue weighted by Gasteiger charge is -2.06. The fraction of sp³-hybridized carbons (Fsp3) is 0.333. The van der Waals surface area contributed by atoms with Gasteiger partial charge in [-0.05, 0) is 25.0 Å². The van der Waals surface area contributed by atoms with Gasteiger partial charge in [0.15, 0.2) is 0 Å². The molecule has 3 rings (SSSR count). The monoisotopic (exact) mass is 247 g/mol. The van der Waals surface area contributed by atoms with E-state index in [-0.39, 0.29) is 0 Å². The first-order valence-corrected chi connectivity index (χ1v) is 6.09. The molecule has 2 heterocycles.